The molecule has 1 amide bonds. The van der Waals surface area contributed by atoms with Crippen LogP contribution in [0.25, 0.3) is 0 Å². The zero-order valence-electron chi connectivity index (χ0n) is 14.0. The number of hydrogen-bond donors (Lipinski definition) is 1. The van der Waals surface area contributed by atoms with E-state index in [-0.39, 0.29) is 18.5 Å². The number of hydrogen-bond acceptors (Lipinski definition) is 2. The Morgan fingerprint density at radius 2 is 1.70 bits per heavy atom. The highest BCUT2D eigenvalue weighted by atomic mass is 32.5. The van der Waals surface area contributed by atoms with Crippen molar-refractivity contribution in [2.45, 2.75) is 17.4 Å². The van der Waals surface area contributed by atoms with Crippen molar-refractivity contribution in [2.24, 2.45) is 0 Å². The van der Waals surface area contributed by atoms with E-state index in [4.69, 9.17) is 0 Å². The zero-order valence-corrected chi connectivity index (χ0v) is 14.9. The maximum atomic E-state index is 12.9. The van der Waals surface area contributed by atoms with Gasteiger partial charge in [-0.15, -0.1) is 0 Å². The largest absolute Gasteiger partial charge is 0.348 e. The van der Waals surface area contributed by atoms with Crippen LogP contribution in [0.2, 0.25) is 0 Å². The molecule has 9 heteroatoms. The molecule has 3 rings (SSSR count). The third-order valence-electron chi connectivity index (χ3n) is 4.28. The Hall–Kier alpha value is -2.55. The average molecular weight is 404 g/mol. The molecule has 0 saturated carbocycles. The van der Waals surface area contributed by atoms with Gasteiger partial charge in [-0.25, -0.2) is 0 Å². The SMILES string of the molecule is C=CC(=O)NC1Cc2ccccc2N(c2ccc(S(F)(F)(F)(F)F)cc2)C1. The Kier molecular flexibility index (Phi) is 4.07. The third-order valence-corrected chi connectivity index (χ3v) is 5.44. The average Bonchev–Trinajstić information content (AvgIpc) is 2.59. The first-order valence-electron chi connectivity index (χ1n) is 8.00. The molecule has 1 atom stereocenters. The summed E-state index contributed by atoms with van der Waals surface area (Å²) in [6.07, 6.45) is 1.67. The molecule has 1 aliphatic rings. The first kappa shape index (κ1) is 19.2. The van der Waals surface area contributed by atoms with E-state index in [9.17, 15) is 24.2 Å². The molecule has 0 aromatic heterocycles. The van der Waals surface area contributed by atoms with Gasteiger partial charge in [0.1, 0.15) is 4.90 Å². The fourth-order valence-corrected chi connectivity index (χ4v) is 3.73. The highest BCUT2D eigenvalue weighted by Crippen LogP contribution is 3.02. The van der Waals surface area contributed by atoms with E-state index in [1.165, 1.54) is 0 Å². The quantitative estimate of drug-likeness (QED) is 0.523. The number of fused-ring (bicyclic) bond motifs is 1. The Bertz CT molecular complexity index is 897. The van der Waals surface area contributed by atoms with E-state index in [1.807, 2.05) is 12.1 Å². The van der Waals surface area contributed by atoms with Crippen molar-refractivity contribution in [3.8, 4) is 0 Å². The van der Waals surface area contributed by atoms with Crippen LogP contribution in [0, 0.1) is 0 Å². The third kappa shape index (κ3) is 4.24. The van der Waals surface area contributed by atoms with Crippen molar-refractivity contribution in [3.05, 3.63) is 66.7 Å². The number of nitrogens with zero attached hydrogens (tertiary/aromatic N) is 1. The van der Waals surface area contributed by atoms with Crippen LogP contribution in [-0.2, 0) is 11.2 Å². The Labute approximate surface area is 153 Å². The lowest BCUT2D eigenvalue weighted by atomic mass is 9.97. The fraction of sp³-hybridized carbons (Fsp3) is 0.167. The van der Waals surface area contributed by atoms with Gasteiger partial charge in [0.15, 0.2) is 0 Å². The molecule has 3 nitrogen and oxygen atoms in total. The summed E-state index contributed by atoms with van der Waals surface area (Å²) in [5, 5.41) is 2.76. The minimum atomic E-state index is -9.72. The molecule has 1 aliphatic heterocycles. The van der Waals surface area contributed by atoms with Crippen molar-refractivity contribution in [1.82, 2.24) is 5.32 Å². The summed E-state index contributed by atoms with van der Waals surface area (Å²) in [4.78, 5) is 11.4. The van der Waals surface area contributed by atoms with Gasteiger partial charge < -0.3 is 10.2 Å². The summed E-state index contributed by atoms with van der Waals surface area (Å²) in [6.45, 7) is 3.68. The van der Waals surface area contributed by atoms with Gasteiger partial charge >= 0.3 is 10.2 Å². The van der Waals surface area contributed by atoms with Gasteiger partial charge in [-0.3, -0.25) is 4.79 Å². The number of carbonyl (C=O) groups is 1. The smallest absolute Gasteiger partial charge is 0.310 e. The normalized spacial score (nSPS) is 19.4. The second-order valence-corrected chi connectivity index (χ2v) is 8.73. The van der Waals surface area contributed by atoms with E-state index in [0.717, 1.165) is 29.5 Å². The number of rotatable bonds is 4. The summed E-state index contributed by atoms with van der Waals surface area (Å²) in [6, 6.07) is 9.74. The highest BCUT2D eigenvalue weighted by molar-refractivity contribution is 8.45. The maximum absolute atomic E-state index is 12.9. The van der Waals surface area contributed by atoms with Crippen LogP contribution in [0.15, 0.2) is 66.1 Å². The van der Waals surface area contributed by atoms with Crippen molar-refractivity contribution in [2.75, 3.05) is 11.4 Å². The highest BCUT2D eigenvalue weighted by Gasteiger charge is 2.65. The van der Waals surface area contributed by atoms with Crippen molar-refractivity contribution in [1.29, 1.82) is 0 Å². The summed E-state index contributed by atoms with van der Waals surface area (Å²) in [5.41, 5.74) is 1.96. The van der Waals surface area contributed by atoms with E-state index in [0.29, 0.717) is 24.2 Å². The Morgan fingerprint density at radius 1 is 1.07 bits per heavy atom. The fourth-order valence-electron chi connectivity index (χ4n) is 3.08. The lowest BCUT2D eigenvalue weighted by Crippen LogP contribution is -2.46. The van der Waals surface area contributed by atoms with Gasteiger partial charge in [0.2, 0.25) is 5.91 Å². The first-order valence-corrected chi connectivity index (χ1v) is 9.95. The van der Waals surface area contributed by atoms with Crippen LogP contribution < -0.4 is 10.2 Å². The summed E-state index contributed by atoms with van der Waals surface area (Å²) in [5.74, 6) is -0.365. The van der Waals surface area contributed by atoms with Crippen molar-refractivity contribution < 1.29 is 24.2 Å². The number of carbonyl (C=O) groups excluding carboxylic acids is 1. The van der Waals surface area contributed by atoms with Crippen LogP contribution in [0.3, 0.4) is 0 Å². The molecule has 0 bridgehead atoms. The van der Waals surface area contributed by atoms with Gasteiger partial charge in [-0.1, -0.05) is 44.2 Å². The van der Waals surface area contributed by atoms with E-state index < -0.39 is 15.1 Å². The van der Waals surface area contributed by atoms with Crippen molar-refractivity contribution in [3.63, 3.8) is 0 Å². The monoisotopic (exact) mass is 404 g/mol. The number of para-hydroxylation sites is 1. The molecule has 2 aromatic carbocycles. The molecular weight excluding hydrogens is 387 g/mol. The number of nitrogens with one attached hydrogen (secondary N) is 1. The minimum Gasteiger partial charge on any atom is -0.348 e. The standard InChI is InChI=1S/C18H17F5N2OS/c1-2-18(26)24-14-11-13-5-3-4-6-17(13)25(12-14)15-7-9-16(10-8-15)27(19,20,21,22)23/h2-10,14H,1,11-12H2,(H,24,26). The number of anilines is 2. The van der Waals surface area contributed by atoms with Crippen LogP contribution in [0.4, 0.5) is 30.8 Å². The van der Waals surface area contributed by atoms with Gasteiger partial charge in [-0.05, 0) is 48.4 Å². The predicted molar refractivity (Wildman–Crippen MR) is 97.1 cm³/mol. The molecule has 1 heterocycles. The van der Waals surface area contributed by atoms with Gasteiger partial charge in [0.05, 0.1) is 6.04 Å². The second kappa shape index (κ2) is 5.72. The second-order valence-electron chi connectivity index (χ2n) is 6.32. The molecule has 0 radical (unpaired) electrons. The van der Waals surface area contributed by atoms with Crippen LogP contribution >= 0.6 is 10.2 Å². The van der Waals surface area contributed by atoms with Crippen LogP contribution in [-0.4, -0.2) is 18.5 Å². The van der Waals surface area contributed by atoms with Crippen LogP contribution in [0.5, 0.6) is 0 Å². The molecule has 0 fully saturated rings. The summed E-state index contributed by atoms with van der Waals surface area (Å²) >= 11 is 0. The van der Waals surface area contributed by atoms with E-state index in [2.05, 4.69) is 11.9 Å². The number of benzene rings is 2. The molecule has 0 spiro atoms. The lowest BCUT2D eigenvalue weighted by Gasteiger charge is -2.41. The molecule has 146 valence electrons. The molecule has 1 N–H and O–H groups in total. The molecule has 2 aromatic rings. The molecule has 0 aliphatic carbocycles. The van der Waals surface area contributed by atoms with Gasteiger partial charge in [-0.2, -0.15) is 0 Å². The minimum absolute atomic E-state index is 0.284. The Morgan fingerprint density at radius 3 is 2.30 bits per heavy atom. The molecular formula is C18H17F5N2OS. The van der Waals surface area contributed by atoms with Crippen molar-refractivity contribution >= 4 is 27.5 Å². The van der Waals surface area contributed by atoms with E-state index >= 15 is 0 Å². The summed E-state index contributed by atoms with van der Waals surface area (Å²) in [7, 11) is -9.72. The van der Waals surface area contributed by atoms with E-state index in [1.54, 1.807) is 17.0 Å². The van der Waals surface area contributed by atoms with Gasteiger partial charge in [0.25, 0.3) is 0 Å². The van der Waals surface area contributed by atoms with Crippen LogP contribution in [0.1, 0.15) is 5.56 Å². The first-order chi connectivity index (χ1) is 12.4. The zero-order chi connectivity index (χ0) is 19.9. The number of amides is 1. The maximum Gasteiger partial charge on any atom is 0.310 e. The number of halogens is 5. The topological polar surface area (TPSA) is 32.3 Å². The summed E-state index contributed by atoms with van der Waals surface area (Å²) < 4.78 is 64.7. The molecule has 0 saturated heterocycles. The lowest BCUT2D eigenvalue weighted by molar-refractivity contribution is -0.117. The predicted octanol–water partition coefficient (Wildman–Crippen LogP) is 5.71. The molecule has 27 heavy (non-hydrogen) atoms. The van der Waals surface area contributed by atoms with Gasteiger partial charge in [0, 0.05) is 17.9 Å². The molecule has 1 unspecified atom stereocenters. The Balaban J connectivity index is 1.97.